The molecular formula is C21H21NO6S. The van der Waals surface area contributed by atoms with Gasteiger partial charge in [0.2, 0.25) is 0 Å². The number of nitrogens with one attached hydrogen (secondary N) is 1. The Morgan fingerprint density at radius 2 is 1.72 bits per heavy atom. The second kappa shape index (κ2) is 8.83. The highest BCUT2D eigenvalue weighted by Crippen LogP contribution is 2.27. The summed E-state index contributed by atoms with van der Waals surface area (Å²) >= 11 is 0. The second-order valence-electron chi connectivity index (χ2n) is 6.22. The van der Waals surface area contributed by atoms with Crippen LogP contribution in [0.15, 0.2) is 70.2 Å². The molecule has 152 valence electrons. The van der Waals surface area contributed by atoms with Gasteiger partial charge in [-0.05, 0) is 35.9 Å². The van der Waals surface area contributed by atoms with Crippen molar-refractivity contribution in [3.8, 4) is 11.5 Å². The minimum Gasteiger partial charge on any atom is -0.493 e. The fourth-order valence-corrected chi connectivity index (χ4v) is 4.19. The molecule has 29 heavy (non-hydrogen) atoms. The van der Waals surface area contributed by atoms with Crippen LogP contribution in [0.5, 0.6) is 11.5 Å². The number of methoxy groups -OCH3 is 2. The molecule has 0 atom stereocenters. The maximum Gasteiger partial charge on any atom is 0.287 e. The molecule has 0 saturated heterocycles. The summed E-state index contributed by atoms with van der Waals surface area (Å²) in [5, 5.41) is 2.73. The highest BCUT2D eigenvalue weighted by atomic mass is 32.2. The van der Waals surface area contributed by atoms with E-state index >= 15 is 0 Å². The summed E-state index contributed by atoms with van der Waals surface area (Å²) in [5.74, 6) is 0.286. The first-order valence-electron chi connectivity index (χ1n) is 8.78. The Bertz CT molecular complexity index is 1090. The summed E-state index contributed by atoms with van der Waals surface area (Å²) < 4.78 is 40.9. The first-order valence-corrected chi connectivity index (χ1v) is 10.4. The fourth-order valence-electron chi connectivity index (χ4n) is 2.82. The molecular weight excluding hydrogens is 394 g/mol. The van der Waals surface area contributed by atoms with Crippen molar-refractivity contribution >= 4 is 15.7 Å². The van der Waals surface area contributed by atoms with Crippen LogP contribution in [0, 0.1) is 0 Å². The van der Waals surface area contributed by atoms with E-state index in [9.17, 15) is 13.2 Å². The molecule has 0 radical (unpaired) electrons. The van der Waals surface area contributed by atoms with E-state index in [0.29, 0.717) is 17.1 Å². The lowest BCUT2D eigenvalue weighted by atomic mass is 10.2. The van der Waals surface area contributed by atoms with Gasteiger partial charge in [0.1, 0.15) is 0 Å². The maximum absolute atomic E-state index is 12.6. The molecule has 3 rings (SSSR count). The van der Waals surface area contributed by atoms with E-state index in [1.807, 2.05) is 0 Å². The third-order valence-electron chi connectivity index (χ3n) is 4.30. The van der Waals surface area contributed by atoms with Crippen LogP contribution in [-0.4, -0.2) is 28.5 Å². The zero-order chi connectivity index (χ0) is 20.9. The van der Waals surface area contributed by atoms with Crippen molar-refractivity contribution in [3.05, 3.63) is 77.7 Å². The van der Waals surface area contributed by atoms with Crippen LogP contribution in [-0.2, 0) is 22.1 Å². The first-order chi connectivity index (χ1) is 13.9. The number of ether oxygens (including phenoxy) is 2. The number of rotatable bonds is 8. The number of hydrogen-bond donors (Lipinski definition) is 1. The van der Waals surface area contributed by atoms with Crippen LogP contribution in [0.25, 0.3) is 0 Å². The van der Waals surface area contributed by atoms with Gasteiger partial charge in [0.25, 0.3) is 5.91 Å². The number of carbonyl (C=O) groups excluding carboxylic acids is 1. The van der Waals surface area contributed by atoms with Crippen molar-refractivity contribution in [1.82, 2.24) is 5.32 Å². The van der Waals surface area contributed by atoms with Crippen molar-refractivity contribution in [1.29, 1.82) is 0 Å². The van der Waals surface area contributed by atoms with Gasteiger partial charge in [-0.15, -0.1) is 0 Å². The van der Waals surface area contributed by atoms with Crippen LogP contribution in [0.2, 0.25) is 0 Å². The molecule has 3 aromatic rings. The van der Waals surface area contributed by atoms with Gasteiger partial charge in [0.15, 0.2) is 27.1 Å². The molecule has 7 nitrogen and oxygen atoms in total. The van der Waals surface area contributed by atoms with Crippen LogP contribution >= 0.6 is 0 Å². The average Bonchev–Trinajstić information content (AvgIpc) is 3.19. The smallest absolute Gasteiger partial charge is 0.287 e. The number of furan rings is 1. The lowest BCUT2D eigenvalue weighted by molar-refractivity contribution is 0.0922. The highest BCUT2D eigenvalue weighted by Gasteiger charge is 2.22. The van der Waals surface area contributed by atoms with Gasteiger partial charge in [-0.3, -0.25) is 4.79 Å². The van der Waals surface area contributed by atoms with Crippen LogP contribution in [0.1, 0.15) is 21.7 Å². The molecule has 0 spiro atoms. The molecule has 0 aliphatic heterocycles. The Balaban J connectivity index is 1.71. The normalized spacial score (nSPS) is 11.1. The molecule has 1 amide bonds. The van der Waals surface area contributed by atoms with Gasteiger partial charge >= 0.3 is 0 Å². The number of carbonyl (C=O) groups is 1. The Labute approximate surface area is 169 Å². The Morgan fingerprint density at radius 3 is 2.41 bits per heavy atom. The molecule has 0 saturated carbocycles. The molecule has 0 bridgehead atoms. The van der Waals surface area contributed by atoms with E-state index in [2.05, 4.69) is 5.32 Å². The first kappa shape index (κ1) is 20.5. The van der Waals surface area contributed by atoms with Gasteiger partial charge in [0, 0.05) is 12.1 Å². The third-order valence-corrected chi connectivity index (χ3v) is 5.98. The number of hydrogen-bond acceptors (Lipinski definition) is 6. The lowest BCUT2D eigenvalue weighted by Crippen LogP contribution is -2.23. The van der Waals surface area contributed by atoms with Gasteiger partial charge in [-0.2, -0.15) is 0 Å². The van der Waals surface area contributed by atoms with E-state index in [1.54, 1.807) is 43.5 Å². The largest absolute Gasteiger partial charge is 0.493 e. The Kier molecular flexibility index (Phi) is 6.23. The summed E-state index contributed by atoms with van der Waals surface area (Å²) in [4.78, 5) is 12.7. The molecule has 1 aromatic heterocycles. The van der Waals surface area contributed by atoms with Crippen molar-refractivity contribution in [3.63, 3.8) is 0 Å². The van der Waals surface area contributed by atoms with Gasteiger partial charge in [-0.1, -0.05) is 24.3 Å². The molecule has 0 aliphatic rings. The SMILES string of the molecule is COc1ccc(CNC(=O)c2occc2CS(=O)(=O)c2ccccc2)cc1OC. The average molecular weight is 415 g/mol. The minimum absolute atomic E-state index is 0.0232. The molecule has 2 aromatic carbocycles. The number of sulfone groups is 1. The summed E-state index contributed by atoms with van der Waals surface area (Å²) in [6.07, 6.45) is 1.31. The highest BCUT2D eigenvalue weighted by molar-refractivity contribution is 7.90. The predicted octanol–water partition coefficient (Wildman–Crippen LogP) is 3.20. The van der Waals surface area contributed by atoms with E-state index in [-0.39, 0.29) is 23.0 Å². The maximum atomic E-state index is 12.6. The van der Waals surface area contributed by atoms with Crippen molar-refractivity contribution in [2.45, 2.75) is 17.2 Å². The quantitative estimate of drug-likeness (QED) is 0.607. The zero-order valence-electron chi connectivity index (χ0n) is 16.0. The van der Waals surface area contributed by atoms with Gasteiger partial charge in [0.05, 0.1) is 31.1 Å². The van der Waals surface area contributed by atoms with Crippen LogP contribution in [0.3, 0.4) is 0 Å². The Morgan fingerprint density at radius 1 is 1.00 bits per heavy atom. The van der Waals surface area contributed by atoms with E-state index in [1.165, 1.54) is 31.6 Å². The van der Waals surface area contributed by atoms with Crippen LogP contribution in [0.4, 0.5) is 0 Å². The van der Waals surface area contributed by atoms with Gasteiger partial charge in [-0.25, -0.2) is 8.42 Å². The second-order valence-corrected chi connectivity index (χ2v) is 8.21. The van der Waals surface area contributed by atoms with Crippen molar-refractivity contribution in [2.75, 3.05) is 14.2 Å². The predicted molar refractivity (Wildman–Crippen MR) is 107 cm³/mol. The minimum atomic E-state index is -3.59. The molecule has 1 N–H and O–H groups in total. The van der Waals surface area contributed by atoms with E-state index in [4.69, 9.17) is 13.9 Å². The molecule has 0 fully saturated rings. The topological polar surface area (TPSA) is 94.8 Å². The van der Waals surface area contributed by atoms with Crippen molar-refractivity contribution < 1.29 is 27.1 Å². The van der Waals surface area contributed by atoms with Gasteiger partial charge < -0.3 is 19.2 Å². The van der Waals surface area contributed by atoms with E-state index in [0.717, 1.165) is 5.56 Å². The molecule has 0 unspecified atom stereocenters. The monoisotopic (exact) mass is 415 g/mol. The van der Waals surface area contributed by atoms with Crippen LogP contribution < -0.4 is 14.8 Å². The summed E-state index contributed by atoms with van der Waals surface area (Å²) in [6, 6.07) is 14.9. The van der Waals surface area contributed by atoms with Crippen molar-refractivity contribution in [2.24, 2.45) is 0 Å². The molecule has 0 aliphatic carbocycles. The lowest BCUT2D eigenvalue weighted by Gasteiger charge is -2.10. The van der Waals surface area contributed by atoms with E-state index < -0.39 is 15.7 Å². The number of benzene rings is 2. The summed E-state index contributed by atoms with van der Waals surface area (Å²) in [7, 11) is -0.520. The summed E-state index contributed by atoms with van der Waals surface area (Å²) in [5.41, 5.74) is 1.10. The molecule has 8 heteroatoms. The fraction of sp³-hybridized carbons (Fsp3) is 0.190. The number of amides is 1. The standard InChI is InChI=1S/C21H21NO6S/c1-26-18-9-8-15(12-19(18)27-2)13-22-21(23)20-16(10-11-28-20)14-29(24,25)17-6-4-3-5-7-17/h3-12H,13-14H2,1-2H3,(H,22,23). The Hall–Kier alpha value is -3.26. The summed E-state index contributed by atoms with van der Waals surface area (Å²) in [6.45, 7) is 0.213. The molecule has 1 heterocycles. The zero-order valence-corrected chi connectivity index (χ0v) is 16.9. The third kappa shape index (κ3) is 4.78.